The number of aromatic nitrogens is 1. The normalized spacial score (nSPS) is 19.3. The molecule has 82 valence electrons. The molecule has 1 aromatic heterocycles. The highest BCUT2D eigenvalue weighted by atomic mass is 14.9. The van der Waals surface area contributed by atoms with Gasteiger partial charge in [-0.3, -0.25) is 4.98 Å². The third kappa shape index (κ3) is 2.20. The number of pyridine rings is 1. The minimum Gasteiger partial charge on any atom is -0.316 e. The molecule has 1 aliphatic carbocycles. The van der Waals surface area contributed by atoms with Crippen molar-refractivity contribution in [2.24, 2.45) is 0 Å². The Bertz CT molecular complexity index is 289. The van der Waals surface area contributed by atoms with E-state index in [1.165, 1.54) is 31.2 Å². The molecule has 0 bridgehead atoms. The molecule has 1 aliphatic rings. The summed E-state index contributed by atoms with van der Waals surface area (Å²) in [5.41, 5.74) is 1.79. The summed E-state index contributed by atoms with van der Waals surface area (Å²) in [7, 11) is 0. The summed E-state index contributed by atoms with van der Waals surface area (Å²) >= 11 is 0. The van der Waals surface area contributed by atoms with Crippen LogP contribution >= 0.6 is 0 Å². The Labute approximate surface area is 92.1 Å². The van der Waals surface area contributed by atoms with Gasteiger partial charge < -0.3 is 5.32 Å². The molecule has 0 aliphatic heterocycles. The first-order valence-electron chi connectivity index (χ1n) is 5.99. The van der Waals surface area contributed by atoms with Crippen molar-refractivity contribution in [3.63, 3.8) is 0 Å². The lowest BCUT2D eigenvalue weighted by molar-refractivity contribution is 0.409. The van der Waals surface area contributed by atoms with Crippen molar-refractivity contribution in [1.82, 2.24) is 10.3 Å². The third-order valence-corrected chi connectivity index (χ3v) is 3.55. The van der Waals surface area contributed by atoms with Gasteiger partial charge in [0.2, 0.25) is 0 Å². The summed E-state index contributed by atoms with van der Waals surface area (Å²) in [6.07, 6.45) is 9.25. The smallest absolute Gasteiger partial charge is 0.0306 e. The molecule has 1 aromatic rings. The lowest BCUT2D eigenvalue weighted by Crippen LogP contribution is -2.35. The standard InChI is InChI=1S/C13H20N2/c1-2-14-11-13(7-3-4-8-13)12-6-5-9-15-10-12/h5-6,9-10,14H,2-4,7-8,11H2,1H3. The van der Waals surface area contributed by atoms with Crippen LogP contribution in [0, 0.1) is 0 Å². The van der Waals surface area contributed by atoms with Crippen molar-refractivity contribution in [2.75, 3.05) is 13.1 Å². The first-order valence-corrected chi connectivity index (χ1v) is 5.99. The van der Waals surface area contributed by atoms with E-state index in [2.05, 4.69) is 29.4 Å². The Morgan fingerprint density at radius 2 is 2.20 bits per heavy atom. The summed E-state index contributed by atoms with van der Waals surface area (Å²) in [4.78, 5) is 4.25. The molecule has 0 unspecified atom stereocenters. The van der Waals surface area contributed by atoms with Crippen LogP contribution in [-0.2, 0) is 5.41 Å². The lowest BCUT2D eigenvalue weighted by Gasteiger charge is -2.29. The van der Waals surface area contributed by atoms with Crippen LogP contribution in [-0.4, -0.2) is 18.1 Å². The first kappa shape index (κ1) is 10.6. The topological polar surface area (TPSA) is 24.9 Å². The zero-order valence-corrected chi connectivity index (χ0v) is 9.50. The van der Waals surface area contributed by atoms with Crippen LogP contribution in [0.15, 0.2) is 24.5 Å². The number of likely N-dealkylation sites (N-methyl/N-ethyl adjacent to an activating group) is 1. The largest absolute Gasteiger partial charge is 0.316 e. The maximum atomic E-state index is 4.25. The van der Waals surface area contributed by atoms with Crippen LogP contribution < -0.4 is 5.32 Å². The second kappa shape index (κ2) is 4.75. The van der Waals surface area contributed by atoms with E-state index in [1.807, 2.05) is 12.4 Å². The van der Waals surface area contributed by atoms with Gasteiger partial charge in [-0.1, -0.05) is 25.8 Å². The van der Waals surface area contributed by atoms with E-state index >= 15 is 0 Å². The molecule has 0 amide bonds. The summed E-state index contributed by atoms with van der Waals surface area (Å²) in [5, 5.41) is 3.50. The Hall–Kier alpha value is -0.890. The number of rotatable bonds is 4. The summed E-state index contributed by atoms with van der Waals surface area (Å²) in [6.45, 7) is 4.34. The maximum Gasteiger partial charge on any atom is 0.0306 e. The van der Waals surface area contributed by atoms with E-state index in [4.69, 9.17) is 0 Å². The molecular formula is C13H20N2. The van der Waals surface area contributed by atoms with Crippen LogP contribution in [0.4, 0.5) is 0 Å². The second-order valence-electron chi connectivity index (χ2n) is 4.51. The average Bonchev–Trinajstić information content (AvgIpc) is 2.78. The summed E-state index contributed by atoms with van der Waals surface area (Å²) < 4.78 is 0. The highest BCUT2D eigenvalue weighted by molar-refractivity contribution is 5.24. The highest BCUT2D eigenvalue weighted by Crippen LogP contribution is 2.40. The molecule has 1 N–H and O–H groups in total. The number of hydrogen-bond acceptors (Lipinski definition) is 2. The van der Waals surface area contributed by atoms with Gasteiger partial charge in [-0.05, 0) is 31.0 Å². The lowest BCUT2D eigenvalue weighted by atomic mass is 9.79. The van der Waals surface area contributed by atoms with Crippen LogP contribution in [0.5, 0.6) is 0 Å². The molecule has 2 nitrogen and oxygen atoms in total. The predicted molar refractivity (Wildman–Crippen MR) is 62.9 cm³/mol. The molecule has 0 aromatic carbocycles. The molecule has 2 rings (SSSR count). The molecule has 0 saturated heterocycles. The molecule has 2 heteroatoms. The maximum absolute atomic E-state index is 4.25. The Morgan fingerprint density at radius 3 is 2.80 bits per heavy atom. The van der Waals surface area contributed by atoms with Gasteiger partial charge in [0, 0.05) is 24.4 Å². The van der Waals surface area contributed by atoms with Gasteiger partial charge in [-0.25, -0.2) is 0 Å². The van der Waals surface area contributed by atoms with Gasteiger partial charge in [0.15, 0.2) is 0 Å². The van der Waals surface area contributed by atoms with E-state index in [0.29, 0.717) is 5.41 Å². The first-order chi connectivity index (χ1) is 7.37. The van der Waals surface area contributed by atoms with Crippen LogP contribution in [0.25, 0.3) is 0 Å². The quantitative estimate of drug-likeness (QED) is 0.815. The fraction of sp³-hybridized carbons (Fsp3) is 0.615. The van der Waals surface area contributed by atoms with Crippen molar-refractivity contribution in [2.45, 2.75) is 38.0 Å². The summed E-state index contributed by atoms with van der Waals surface area (Å²) in [5.74, 6) is 0. The third-order valence-electron chi connectivity index (χ3n) is 3.55. The Morgan fingerprint density at radius 1 is 1.40 bits per heavy atom. The number of nitrogens with one attached hydrogen (secondary N) is 1. The molecule has 1 fully saturated rings. The van der Waals surface area contributed by atoms with Crippen LogP contribution in [0.2, 0.25) is 0 Å². The van der Waals surface area contributed by atoms with Gasteiger partial charge in [0.1, 0.15) is 0 Å². The summed E-state index contributed by atoms with van der Waals surface area (Å²) in [6, 6.07) is 4.29. The minimum absolute atomic E-state index is 0.365. The molecule has 0 radical (unpaired) electrons. The van der Waals surface area contributed by atoms with Gasteiger partial charge >= 0.3 is 0 Å². The average molecular weight is 204 g/mol. The zero-order valence-electron chi connectivity index (χ0n) is 9.50. The Kier molecular flexibility index (Phi) is 3.37. The Balaban J connectivity index is 2.19. The van der Waals surface area contributed by atoms with Crippen molar-refractivity contribution < 1.29 is 0 Å². The molecule has 1 heterocycles. The van der Waals surface area contributed by atoms with Crippen LogP contribution in [0.1, 0.15) is 38.2 Å². The van der Waals surface area contributed by atoms with Crippen molar-refractivity contribution in [3.8, 4) is 0 Å². The molecule has 15 heavy (non-hydrogen) atoms. The molecule has 0 atom stereocenters. The monoisotopic (exact) mass is 204 g/mol. The van der Waals surface area contributed by atoms with E-state index in [9.17, 15) is 0 Å². The van der Waals surface area contributed by atoms with E-state index in [-0.39, 0.29) is 0 Å². The van der Waals surface area contributed by atoms with Crippen molar-refractivity contribution in [3.05, 3.63) is 30.1 Å². The second-order valence-corrected chi connectivity index (χ2v) is 4.51. The number of hydrogen-bond donors (Lipinski definition) is 1. The van der Waals surface area contributed by atoms with E-state index in [0.717, 1.165) is 13.1 Å². The fourth-order valence-electron chi connectivity index (χ4n) is 2.66. The van der Waals surface area contributed by atoms with Crippen molar-refractivity contribution in [1.29, 1.82) is 0 Å². The van der Waals surface area contributed by atoms with Gasteiger partial charge in [-0.15, -0.1) is 0 Å². The fourth-order valence-corrected chi connectivity index (χ4v) is 2.66. The van der Waals surface area contributed by atoms with E-state index < -0.39 is 0 Å². The van der Waals surface area contributed by atoms with Gasteiger partial charge in [0.05, 0.1) is 0 Å². The van der Waals surface area contributed by atoms with Gasteiger partial charge in [-0.2, -0.15) is 0 Å². The molecule has 0 spiro atoms. The van der Waals surface area contributed by atoms with Crippen LogP contribution in [0.3, 0.4) is 0 Å². The van der Waals surface area contributed by atoms with Gasteiger partial charge in [0.25, 0.3) is 0 Å². The van der Waals surface area contributed by atoms with E-state index in [1.54, 1.807) is 0 Å². The number of nitrogens with zero attached hydrogens (tertiary/aromatic N) is 1. The zero-order chi connectivity index (χ0) is 10.6. The highest BCUT2D eigenvalue weighted by Gasteiger charge is 2.35. The predicted octanol–water partition coefficient (Wildman–Crippen LogP) is 2.50. The SMILES string of the molecule is CCNCC1(c2cccnc2)CCCC1. The minimum atomic E-state index is 0.365. The van der Waals surface area contributed by atoms with Crippen molar-refractivity contribution >= 4 is 0 Å². The molecular weight excluding hydrogens is 184 g/mol. The molecule has 1 saturated carbocycles.